The highest BCUT2D eigenvalue weighted by atomic mass is 19.1. The average molecular weight is 589 g/mol. The van der Waals surface area contributed by atoms with Gasteiger partial charge in [0.25, 0.3) is 5.91 Å². The van der Waals surface area contributed by atoms with Crippen LogP contribution in [0.3, 0.4) is 0 Å². The van der Waals surface area contributed by atoms with Crippen LogP contribution >= 0.6 is 0 Å². The molecular weight excluding hydrogens is 555 g/mol. The molecule has 0 radical (unpaired) electrons. The average Bonchev–Trinajstić information content (AvgIpc) is 3.01. The number of carbonyl (C=O) groups is 2. The van der Waals surface area contributed by atoms with Gasteiger partial charge in [0.1, 0.15) is 36.4 Å². The third-order valence-electron chi connectivity index (χ3n) is 7.68. The van der Waals surface area contributed by atoms with Crippen molar-refractivity contribution >= 4 is 23.5 Å². The number of aliphatic hydroxyl groups excluding tert-OH is 1. The Balaban J connectivity index is 1.26. The molecule has 2 fully saturated rings. The minimum Gasteiger partial charge on any atom is -0.486 e. The smallest absolute Gasteiger partial charge is 0.251 e. The number of benzene rings is 2. The molecule has 3 heterocycles. The number of alkyl halides is 1. The molecule has 0 spiro atoms. The number of halogens is 1. The van der Waals surface area contributed by atoms with E-state index in [1.165, 1.54) is 18.2 Å². The summed E-state index contributed by atoms with van der Waals surface area (Å²) in [6.45, 7) is 2.90. The minimum atomic E-state index is -1.47. The summed E-state index contributed by atoms with van der Waals surface area (Å²) in [6.07, 6.45) is -1.93. The van der Waals surface area contributed by atoms with Crippen molar-refractivity contribution in [2.24, 2.45) is 0 Å². The summed E-state index contributed by atoms with van der Waals surface area (Å²) in [5.74, 6) is 0.367. The molecule has 43 heavy (non-hydrogen) atoms. The second-order valence-corrected chi connectivity index (χ2v) is 10.8. The number of aliphatic hydroxyl groups is 1. The lowest BCUT2D eigenvalue weighted by atomic mass is 10.0. The van der Waals surface area contributed by atoms with Gasteiger partial charge in [0.2, 0.25) is 11.9 Å². The summed E-state index contributed by atoms with van der Waals surface area (Å²) in [6, 6.07) is 14.1. The molecule has 2 unspecified atom stereocenters. The van der Waals surface area contributed by atoms with Gasteiger partial charge < -0.3 is 25.0 Å². The van der Waals surface area contributed by atoms with Crippen LogP contribution in [0.25, 0.3) is 11.4 Å². The van der Waals surface area contributed by atoms with Gasteiger partial charge >= 0.3 is 0 Å². The number of nitriles is 1. The molecule has 5 rings (SSSR count). The van der Waals surface area contributed by atoms with Crippen molar-refractivity contribution in [1.29, 1.82) is 5.26 Å². The number of amides is 2. The summed E-state index contributed by atoms with van der Waals surface area (Å²) in [4.78, 5) is 42.7. The van der Waals surface area contributed by atoms with Crippen molar-refractivity contribution in [3.8, 4) is 23.2 Å². The van der Waals surface area contributed by atoms with E-state index in [1.807, 2.05) is 43.3 Å². The molecule has 2 amide bonds. The van der Waals surface area contributed by atoms with E-state index in [0.717, 1.165) is 17.8 Å². The first kappa shape index (κ1) is 29.8. The zero-order valence-corrected chi connectivity index (χ0v) is 24.1. The number of likely N-dealkylation sites (N-methyl/N-ethyl adjacent to an activating group) is 2. The lowest BCUT2D eigenvalue weighted by Gasteiger charge is -2.37. The quantitative estimate of drug-likeness (QED) is 0.421. The molecule has 0 bridgehead atoms. The van der Waals surface area contributed by atoms with Gasteiger partial charge in [-0.2, -0.15) is 10.2 Å². The Morgan fingerprint density at radius 1 is 1.16 bits per heavy atom. The van der Waals surface area contributed by atoms with E-state index in [4.69, 9.17) is 4.74 Å². The van der Waals surface area contributed by atoms with Crippen molar-refractivity contribution < 1.29 is 23.8 Å². The van der Waals surface area contributed by atoms with Crippen LogP contribution in [-0.4, -0.2) is 105 Å². The number of hydrogen-bond donors (Lipinski definition) is 2. The van der Waals surface area contributed by atoms with Crippen molar-refractivity contribution in [3.63, 3.8) is 0 Å². The van der Waals surface area contributed by atoms with Gasteiger partial charge in [-0.15, -0.1) is 0 Å². The number of likely N-dealkylation sites (tertiary alicyclic amines) is 1. The standard InChI is InChI=1S/C30H33FN8O4/c1-18(40)28(41)39-11-10-25(23(31)16-39)43-24-9-6-20(14-21(24)15-32)27-33-17-34-30(36-27)35-22-7-4-19(5-8-22)26-29(42)38(3)13-12-37(26)2/h4-9,14,17-18,23,25-26,40H,10-13,16H2,1-3H3,(H,33,34,35,36)/t18?,23-,25+,26?/m1/s1. The number of nitrogens with zero attached hydrogens (tertiary/aromatic N) is 7. The van der Waals surface area contributed by atoms with Gasteiger partial charge in [0, 0.05) is 44.4 Å². The van der Waals surface area contributed by atoms with E-state index in [-0.39, 0.29) is 42.8 Å². The fourth-order valence-electron chi connectivity index (χ4n) is 5.22. The van der Waals surface area contributed by atoms with Crippen LogP contribution in [0, 0.1) is 11.3 Å². The SMILES string of the molecule is CC(O)C(=O)N1CC[C@H](Oc2ccc(-c3ncnc(Nc4ccc(C5C(=O)N(C)CCN5C)cc4)n3)cc2C#N)[C@H](F)C1. The van der Waals surface area contributed by atoms with Crippen molar-refractivity contribution in [2.75, 3.05) is 45.6 Å². The van der Waals surface area contributed by atoms with Gasteiger partial charge in [-0.3, -0.25) is 14.5 Å². The van der Waals surface area contributed by atoms with Crippen molar-refractivity contribution in [3.05, 3.63) is 59.9 Å². The van der Waals surface area contributed by atoms with E-state index >= 15 is 0 Å². The number of aromatic nitrogens is 3. The zero-order chi connectivity index (χ0) is 30.7. The van der Waals surface area contributed by atoms with Crippen molar-refractivity contribution in [1.82, 2.24) is 29.7 Å². The van der Waals surface area contributed by atoms with Crippen molar-refractivity contribution in [2.45, 2.75) is 37.8 Å². The normalized spacial score (nSPS) is 21.7. The first-order chi connectivity index (χ1) is 20.6. The maximum atomic E-state index is 14.8. The fourth-order valence-corrected chi connectivity index (χ4v) is 5.22. The largest absolute Gasteiger partial charge is 0.486 e. The van der Waals surface area contributed by atoms with E-state index in [1.54, 1.807) is 23.1 Å². The molecule has 3 aromatic rings. The fraction of sp³-hybridized carbons (Fsp3) is 0.400. The van der Waals surface area contributed by atoms with Crippen LogP contribution in [0.15, 0.2) is 48.8 Å². The lowest BCUT2D eigenvalue weighted by molar-refractivity contribution is -0.143. The number of hydrogen-bond acceptors (Lipinski definition) is 10. The Hall–Kier alpha value is -4.67. The van der Waals surface area contributed by atoms with Crippen LogP contribution in [0.5, 0.6) is 5.75 Å². The third kappa shape index (κ3) is 6.55. The maximum absolute atomic E-state index is 14.8. The maximum Gasteiger partial charge on any atom is 0.251 e. The summed E-state index contributed by atoms with van der Waals surface area (Å²) >= 11 is 0. The van der Waals surface area contributed by atoms with Gasteiger partial charge in [0.05, 0.1) is 12.1 Å². The Kier molecular flexibility index (Phi) is 8.79. The number of anilines is 2. The molecule has 2 aliphatic rings. The molecule has 2 aromatic carbocycles. The molecule has 224 valence electrons. The number of carbonyl (C=O) groups excluding carboxylic acids is 2. The lowest BCUT2D eigenvalue weighted by Crippen LogP contribution is -2.51. The Morgan fingerprint density at radius 3 is 2.63 bits per heavy atom. The highest BCUT2D eigenvalue weighted by Gasteiger charge is 2.35. The van der Waals surface area contributed by atoms with Crippen LogP contribution in [0.4, 0.5) is 16.0 Å². The molecule has 0 saturated carbocycles. The highest BCUT2D eigenvalue weighted by Crippen LogP contribution is 2.29. The highest BCUT2D eigenvalue weighted by molar-refractivity contribution is 5.84. The third-order valence-corrected chi connectivity index (χ3v) is 7.68. The number of rotatable bonds is 7. The van der Waals surface area contributed by atoms with Gasteiger partial charge in [-0.05, 0) is 49.9 Å². The molecule has 2 saturated heterocycles. The zero-order valence-electron chi connectivity index (χ0n) is 24.1. The minimum absolute atomic E-state index is 0.0591. The summed E-state index contributed by atoms with van der Waals surface area (Å²) in [7, 11) is 3.75. The Labute approximate surface area is 248 Å². The monoisotopic (exact) mass is 588 g/mol. The van der Waals surface area contributed by atoms with Crippen LogP contribution < -0.4 is 10.1 Å². The van der Waals surface area contributed by atoms with Crippen LogP contribution in [0.2, 0.25) is 0 Å². The second kappa shape index (κ2) is 12.7. The molecule has 2 aliphatic heterocycles. The summed E-state index contributed by atoms with van der Waals surface area (Å²) < 4.78 is 20.7. The molecule has 2 N–H and O–H groups in total. The summed E-state index contributed by atoms with van der Waals surface area (Å²) in [5.41, 5.74) is 2.35. The van der Waals surface area contributed by atoms with E-state index in [2.05, 4.69) is 26.3 Å². The molecule has 13 heteroatoms. The summed E-state index contributed by atoms with van der Waals surface area (Å²) in [5, 5.41) is 22.4. The van der Waals surface area contributed by atoms with Gasteiger partial charge in [-0.25, -0.2) is 14.4 Å². The first-order valence-electron chi connectivity index (χ1n) is 14.0. The number of piperidine rings is 1. The van der Waals surface area contributed by atoms with Crippen LogP contribution in [-0.2, 0) is 9.59 Å². The Bertz CT molecular complexity index is 1530. The topological polar surface area (TPSA) is 148 Å². The number of nitrogens with one attached hydrogen (secondary N) is 1. The molecule has 4 atom stereocenters. The molecule has 1 aromatic heterocycles. The first-order valence-corrected chi connectivity index (χ1v) is 14.0. The van der Waals surface area contributed by atoms with E-state index in [9.17, 15) is 24.3 Å². The predicted octanol–water partition coefficient (Wildman–Crippen LogP) is 2.30. The van der Waals surface area contributed by atoms with E-state index < -0.39 is 24.3 Å². The number of ether oxygens (including phenoxy) is 1. The second-order valence-electron chi connectivity index (χ2n) is 10.8. The number of piperazine rings is 1. The molecular formula is C30H33FN8O4. The van der Waals surface area contributed by atoms with Gasteiger partial charge in [-0.1, -0.05) is 12.1 Å². The molecule has 12 nitrogen and oxygen atoms in total. The van der Waals surface area contributed by atoms with E-state index in [0.29, 0.717) is 23.9 Å². The van der Waals surface area contributed by atoms with Crippen LogP contribution in [0.1, 0.15) is 30.5 Å². The van der Waals surface area contributed by atoms with Gasteiger partial charge in [0.15, 0.2) is 12.0 Å². The Morgan fingerprint density at radius 2 is 1.93 bits per heavy atom. The molecule has 0 aliphatic carbocycles. The predicted molar refractivity (Wildman–Crippen MR) is 155 cm³/mol.